The van der Waals surface area contributed by atoms with Crippen LogP contribution >= 0.6 is 11.3 Å². The predicted molar refractivity (Wildman–Crippen MR) is 79.5 cm³/mol. The van der Waals surface area contributed by atoms with Gasteiger partial charge in [0.05, 0.1) is 18.0 Å². The summed E-state index contributed by atoms with van der Waals surface area (Å²) in [4.78, 5) is 13.9. The molecule has 0 saturated carbocycles. The van der Waals surface area contributed by atoms with Crippen LogP contribution in [-0.2, 0) is 13.6 Å². The fraction of sp³-hybridized carbons (Fsp3) is 0.267. The number of aromatic nitrogens is 1. The van der Waals surface area contributed by atoms with Gasteiger partial charge in [-0.15, -0.1) is 11.3 Å². The first-order valence-electron chi connectivity index (χ1n) is 6.28. The summed E-state index contributed by atoms with van der Waals surface area (Å²) >= 11 is 1.55. The van der Waals surface area contributed by atoms with Crippen molar-refractivity contribution < 1.29 is 9.90 Å². The Kier molecular flexibility index (Phi) is 4.99. The number of aryl methyl sites for hydroxylation is 1. The molecule has 0 aliphatic heterocycles. The number of carbonyl (C=O) groups is 1. The molecule has 4 nitrogen and oxygen atoms in total. The van der Waals surface area contributed by atoms with E-state index in [2.05, 4.69) is 17.2 Å². The number of hydrogen-bond acceptors (Lipinski definition) is 3. The van der Waals surface area contributed by atoms with Gasteiger partial charge in [0.2, 0.25) is 0 Å². The van der Waals surface area contributed by atoms with Crippen LogP contribution in [0.2, 0.25) is 0 Å². The molecular weight excluding hydrogens is 272 g/mol. The summed E-state index contributed by atoms with van der Waals surface area (Å²) < 4.78 is 1.79. The lowest BCUT2D eigenvalue weighted by Gasteiger charge is -2.04. The molecule has 0 spiro atoms. The van der Waals surface area contributed by atoms with Crippen molar-refractivity contribution in [3.63, 3.8) is 0 Å². The van der Waals surface area contributed by atoms with Crippen LogP contribution in [0.15, 0.2) is 30.5 Å². The molecule has 0 bridgehead atoms. The highest BCUT2D eigenvalue weighted by Crippen LogP contribution is 2.15. The predicted octanol–water partition coefficient (Wildman–Crippen LogP) is 1.75. The van der Waals surface area contributed by atoms with Crippen molar-refractivity contribution >= 4 is 17.2 Å². The third-order valence-corrected chi connectivity index (χ3v) is 3.71. The Hall–Kier alpha value is -2.03. The van der Waals surface area contributed by atoms with Crippen molar-refractivity contribution in [1.29, 1.82) is 0 Å². The highest BCUT2D eigenvalue weighted by molar-refractivity contribution is 7.12. The van der Waals surface area contributed by atoms with E-state index in [9.17, 15) is 4.79 Å². The molecule has 0 fully saturated rings. The Morgan fingerprint density at radius 2 is 2.30 bits per heavy atom. The SMILES string of the molecule is Cn1cccc1C(=O)NCc1ccc(C#CCCO)s1. The second kappa shape index (κ2) is 6.94. The molecule has 20 heavy (non-hydrogen) atoms. The van der Waals surface area contributed by atoms with E-state index in [1.807, 2.05) is 31.4 Å². The molecule has 0 aliphatic carbocycles. The third kappa shape index (κ3) is 3.73. The summed E-state index contributed by atoms with van der Waals surface area (Å²) in [5, 5.41) is 11.5. The number of hydrogen-bond donors (Lipinski definition) is 2. The summed E-state index contributed by atoms with van der Waals surface area (Å²) in [5.41, 5.74) is 0.643. The first-order chi connectivity index (χ1) is 9.70. The van der Waals surface area contributed by atoms with Crippen molar-refractivity contribution in [2.45, 2.75) is 13.0 Å². The minimum atomic E-state index is -0.0844. The molecule has 0 aliphatic rings. The molecular formula is C15H16N2O2S. The molecule has 0 atom stereocenters. The highest BCUT2D eigenvalue weighted by Gasteiger charge is 2.08. The summed E-state index contributed by atoms with van der Waals surface area (Å²) in [7, 11) is 1.84. The number of nitrogens with zero attached hydrogens (tertiary/aromatic N) is 1. The molecule has 1 amide bonds. The van der Waals surface area contributed by atoms with Gasteiger partial charge in [0.15, 0.2) is 0 Å². The monoisotopic (exact) mass is 288 g/mol. The van der Waals surface area contributed by atoms with Crippen molar-refractivity contribution in [2.75, 3.05) is 6.61 Å². The molecule has 5 heteroatoms. The van der Waals surface area contributed by atoms with E-state index in [4.69, 9.17) is 5.11 Å². The largest absolute Gasteiger partial charge is 0.395 e. The van der Waals surface area contributed by atoms with Crippen LogP contribution in [-0.4, -0.2) is 22.2 Å². The van der Waals surface area contributed by atoms with Gasteiger partial charge in [0.25, 0.3) is 5.91 Å². The van der Waals surface area contributed by atoms with Gasteiger partial charge in [-0.2, -0.15) is 0 Å². The van der Waals surface area contributed by atoms with E-state index in [1.165, 1.54) is 0 Å². The summed E-state index contributed by atoms with van der Waals surface area (Å²) in [6, 6.07) is 7.52. The highest BCUT2D eigenvalue weighted by atomic mass is 32.1. The molecule has 2 aromatic heterocycles. The normalized spacial score (nSPS) is 9.90. The lowest BCUT2D eigenvalue weighted by atomic mass is 10.3. The molecule has 0 aromatic carbocycles. The van der Waals surface area contributed by atoms with E-state index in [1.54, 1.807) is 22.0 Å². The Bertz CT molecular complexity index is 646. The number of rotatable bonds is 4. The zero-order valence-electron chi connectivity index (χ0n) is 11.2. The first kappa shape index (κ1) is 14.4. The first-order valence-corrected chi connectivity index (χ1v) is 7.10. The third-order valence-electron chi connectivity index (χ3n) is 2.71. The number of aliphatic hydroxyl groups is 1. The number of nitrogens with one attached hydrogen (secondary N) is 1. The Morgan fingerprint density at radius 3 is 3.00 bits per heavy atom. The lowest BCUT2D eigenvalue weighted by Crippen LogP contribution is -2.24. The van der Waals surface area contributed by atoms with Gasteiger partial charge in [0, 0.05) is 24.5 Å². The van der Waals surface area contributed by atoms with Crippen molar-refractivity contribution in [3.05, 3.63) is 45.9 Å². The molecule has 2 N–H and O–H groups in total. The maximum Gasteiger partial charge on any atom is 0.268 e. The van der Waals surface area contributed by atoms with Gasteiger partial charge in [-0.1, -0.05) is 11.8 Å². The smallest absolute Gasteiger partial charge is 0.268 e. The Balaban J connectivity index is 1.90. The minimum absolute atomic E-state index is 0.0813. The fourth-order valence-corrected chi connectivity index (χ4v) is 2.52. The number of aliphatic hydroxyl groups excluding tert-OH is 1. The van der Waals surface area contributed by atoms with Gasteiger partial charge in [0.1, 0.15) is 5.69 Å². The number of carbonyl (C=O) groups excluding carboxylic acids is 1. The number of amides is 1. The second-order valence-electron chi connectivity index (χ2n) is 4.23. The van der Waals surface area contributed by atoms with Gasteiger partial charge in [-0.3, -0.25) is 4.79 Å². The fourth-order valence-electron chi connectivity index (χ4n) is 1.70. The van der Waals surface area contributed by atoms with Crippen LogP contribution < -0.4 is 5.32 Å². The average Bonchev–Trinajstić information content (AvgIpc) is 3.05. The summed E-state index contributed by atoms with van der Waals surface area (Å²) in [5.74, 6) is 5.78. The molecule has 0 radical (unpaired) electrons. The molecule has 2 heterocycles. The van der Waals surface area contributed by atoms with Crippen molar-refractivity contribution in [2.24, 2.45) is 7.05 Å². The van der Waals surface area contributed by atoms with Gasteiger partial charge < -0.3 is 15.0 Å². The molecule has 0 saturated heterocycles. The van der Waals surface area contributed by atoms with Gasteiger partial charge >= 0.3 is 0 Å². The number of thiophene rings is 1. The van der Waals surface area contributed by atoms with Gasteiger partial charge in [-0.05, 0) is 24.3 Å². The maximum absolute atomic E-state index is 11.9. The Labute approximate surface area is 122 Å². The zero-order valence-corrected chi connectivity index (χ0v) is 12.0. The van der Waals surface area contributed by atoms with E-state index >= 15 is 0 Å². The van der Waals surface area contributed by atoms with Crippen LogP contribution in [0, 0.1) is 11.8 Å². The van der Waals surface area contributed by atoms with Gasteiger partial charge in [-0.25, -0.2) is 0 Å². The average molecular weight is 288 g/mol. The van der Waals surface area contributed by atoms with E-state index in [-0.39, 0.29) is 12.5 Å². The van der Waals surface area contributed by atoms with Crippen LogP contribution in [0.5, 0.6) is 0 Å². The van der Waals surface area contributed by atoms with Crippen LogP contribution in [0.3, 0.4) is 0 Å². The second-order valence-corrected chi connectivity index (χ2v) is 5.40. The van der Waals surface area contributed by atoms with E-state index < -0.39 is 0 Å². The van der Waals surface area contributed by atoms with Crippen LogP contribution in [0.1, 0.15) is 26.7 Å². The summed E-state index contributed by atoms with van der Waals surface area (Å²) in [6.45, 7) is 0.578. The quantitative estimate of drug-likeness (QED) is 0.842. The zero-order chi connectivity index (χ0) is 14.4. The Morgan fingerprint density at radius 1 is 1.45 bits per heavy atom. The molecule has 104 valence electrons. The van der Waals surface area contributed by atoms with E-state index in [0.717, 1.165) is 9.75 Å². The minimum Gasteiger partial charge on any atom is -0.395 e. The standard InChI is InChI=1S/C15H16N2O2S/c1-17-9-4-6-14(17)15(19)16-11-13-8-7-12(20-13)5-2-3-10-18/h4,6-9,18H,3,10-11H2,1H3,(H,16,19). The molecule has 2 rings (SSSR count). The van der Waals surface area contributed by atoms with Crippen LogP contribution in [0.25, 0.3) is 0 Å². The van der Waals surface area contributed by atoms with Crippen molar-refractivity contribution in [1.82, 2.24) is 9.88 Å². The van der Waals surface area contributed by atoms with E-state index in [0.29, 0.717) is 18.7 Å². The summed E-state index contributed by atoms with van der Waals surface area (Å²) in [6.07, 6.45) is 2.33. The van der Waals surface area contributed by atoms with Crippen LogP contribution in [0.4, 0.5) is 0 Å². The molecule has 0 unspecified atom stereocenters. The topological polar surface area (TPSA) is 54.3 Å². The van der Waals surface area contributed by atoms with Crippen molar-refractivity contribution in [3.8, 4) is 11.8 Å². The molecule has 2 aromatic rings. The lowest BCUT2D eigenvalue weighted by molar-refractivity contribution is 0.0943. The maximum atomic E-state index is 11.9.